The van der Waals surface area contributed by atoms with Gasteiger partial charge in [-0.1, -0.05) is 24.6 Å². The van der Waals surface area contributed by atoms with Crippen molar-refractivity contribution in [2.75, 3.05) is 29.9 Å². The lowest BCUT2D eigenvalue weighted by molar-refractivity contribution is -0.133. The lowest BCUT2D eigenvalue weighted by atomic mass is 10.2. The standard InChI is InChI=1S/C23H22ClN5O2/c1-2-10-26-15-21(27-19-8-6-17(14-25)7-9-19)23(31)28-11-12-29(22(30)16-28)20-5-3-4-18(24)13-20/h3-10,13,15,27H,2,11-12,16H2,1H3/b21-15-,26-10?. The summed E-state index contributed by atoms with van der Waals surface area (Å²) in [6, 6.07) is 15.9. The van der Waals surface area contributed by atoms with Crippen molar-refractivity contribution in [3.8, 4) is 6.07 Å². The third-order valence-corrected chi connectivity index (χ3v) is 4.88. The molecule has 1 fully saturated rings. The fourth-order valence-corrected chi connectivity index (χ4v) is 3.28. The number of nitrogens with zero attached hydrogens (tertiary/aromatic N) is 4. The molecule has 8 heteroatoms. The van der Waals surface area contributed by atoms with Crippen molar-refractivity contribution in [2.24, 2.45) is 4.99 Å². The van der Waals surface area contributed by atoms with Gasteiger partial charge in [-0.25, -0.2) is 0 Å². The molecule has 2 aromatic carbocycles. The Morgan fingerprint density at radius 3 is 2.68 bits per heavy atom. The van der Waals surface area contributed by atoms with E-state index in [1.165, 1.54) is 11.1 Å². The molecule has 1 aliphatic rings. The smallest absolute Gasteiger partial charge is 0.272 e. The quantitative estimate of drug-likeness (QED) is 0.551. The monoisotopic (exact) mass is 435 g/mol. The molecular formula is C23H22ClN5O2. The van der Waals surface area contributed by atoms with E-state index in [-0.39, 0.29) is 24.1 Å². The zero-order valence-corrected chi connectivity index (χ0v) is 17.8. The molecule has 158 valence electrons. The van der Waals surface area contributed by atoms with E-state index >= 15 is 0 Å². The second-order valence-corrected chi connectivity index (χ2v) is 7.29. The molecule has 0 saturated carbocycles. The van der Waals surface area contributed by atoms with E-state index in [1.807, 2.05) is 13.0 Å². The fourth-order valence-electron chi connectivity index (χ4n) is 3.09. The third-order valence-electron chi connectivity index (χ3n) is 4.64. The topological polar surface area (TPSA) is 88.8 Å². The van der Waals surface area contributed by atoms with Gasteiger partial charge >= 0.3 is 0 Å². The Bertz CT molecular complexity index is 1060. The van der Waals surface area contributed by atoms with Crippen LogP contribution in [0.5, 0.6) is 0 Å². The summed E-state index contributed by atoms with van der Waals surface area (Å²) in [5.74, 6) is -0.506. The molecule has 1 saturated heterocycles. The number of hydrogen-bond acceptors (Lipinski definition) is 5. The average Bonchev–Trinajstić information content (AvgIpc) is 2.78. The summed E-state index contributed by atoms with van der Waals surface area (Å²) in [6.45, 7) is 2.64. The maximum Gasteiger partial charge on any atom is 0.272 e. The van der Waals surface area contributed by atoms with Gasteiger partial charge in [0.05, 0.1) is 17.8 Å². The lowest BCUT2D eigenvalue weighted by Crippen LogP contribution is -2.53. The Kier molecular flexibility index (Phi) is 7.41. The summed E-state index contributed by atoms with van der Waals surface area (Å²) < 4.78 is 0. The number of rotatable bonds is 6. The highest BCUT2D eigenvalue weighted by Crippen LogP contribution is 2.22. The van der Waals surface area contributed by atoms with Crippen LogP contribution in [0.1, 0.15) is 18.9 Å². The van der Waals surface area contributed by atoms with Gasteiger partial charge in [0.15, 0.2) is 0 Å². The second-order valence-electron chi connectivity index (χ2n) is 6.85. The number of carbonyl (C=O) groups excluding carboxylic acids is 2. The predicted octanol–water partition coefficient (Wildman–Crippen LogP) is 3.82. The minimum absolute atomic E-state index is 0.0464. The number of nitriles is 1. The predicted molar refractivity (Wildman–Crippen MR) is 122 cm³/mol. The van der Waals surface area contributed by atoms with Crippen LogP contribution in [0, 0.1) is 11.3 Å². The van der Waals surface area contributed by atoms with Crippen LogP contribution in [0.25, 0.3) is 0 Å². The van der Waals surface area contributed by atoms with E-state index in [0.717, 1.165) is 6.42 Å². The fraction of sp³-hybridized carbons (Fsp3) is 0.217. The van der Waals surface area contributed by atoms with Crippen molar-refractivity contribution in [1.82, 2.24) is 4.90 Å². The number of hydrogen-bond donors (Lipinski definition) is 1. The Morgan fingerprint density at radius 2 is 2.03 bits per heavy atom. The van der Waals surface area contributed by atoms with E-state index in [1.54, 1.807) is 53.6 Å². The number of nitrogens with one attached hydrogen (secondary N) is 1. The SMILES string of the molecule is CCC=N/C=C(\Nc1ccc(C#N)cc1)C(=O)N1CCN(c2cccc(Cl)c2)C(=O)C1. The number of carbonyl (C=O) groups is 2. The van der Waals surface area contributed by atoms with Gasteiger partial charge in [0.1, 0.15) is 12.2 Å². The van der Waals surface area contributed by atoms with Crippen LogP contribution in [-0.4, -0.2) is 42.6 Å². The minimum Gasteiger partial charge on any atom is -0.350 e. The molecule has 0 atom stereocenters. The lowest BCUT2D eigenvalue weighted by Gasteiger charge is -2.34. The molecule has 31 heavy (non-hydrogen) atoms. The van der Waals surface area contributed by atoms with Crippen molar-refractivity contribution in [3.63, 3.8) is 0 Å². The largest absolute Gasteiger partial charge is 0.350 e. The van der Waals surface area contributed by atoms with Gasteiger partial charge in [0.2, 0.25) is 5.91 Å². The van der Waals surface area contributed by atoms with Crippen molar-refractivity contribution in [2.45, 2.75) is 13.3 Å². The number of amides is 2. The van der Waals surface area contributed by atoms with Crippen LogP contribution >= 0.6 is 11.6 Å². The van der Waals surface area contributed by atoms with Crippen LogP contribution < -0.4 is 10.2 Å². The van der Waals surface area contributed by atoms with E-state index < -0.39 is 0 Å². The third kappa shape index (κ3) is 5.71. The van der Waals surface area contributed by atoms with E-state index in [0.29, 0.717) is 35.1 Å². The summed E-state index contributed by atoms with van der Waals surface area (Å²) in [6.07, 6.45) is 3.87. The van der Waals surface area contributed by atoms with Gasteiger partial charge in [-0.2, -0.15) is 5.26 Å². The Morgan fingerprint density at radius 1 is 1.26 bits per heavy atom. The van der Waals surface area contributed by atoms with Gasteiger partial charge < -0.3 is 15.1 Å². The first kappa shape index (κ1) is 22.1. The van der Waals surface area contributed by atoms with E-state index in [9.17, 15) is 9.59 Å². The maximum absolute atomic E-state index is 13.1. The van der Waals surface area contributed by atoms with Gasteiger partial charge in [-0.15, -0.1) is 0 Å². The molecule has 0 aromatic heterocycles. The van der Waals surface area contributed by atoms with Crippen LogP contribution in [-0.2, 0) is 9.59 Å². The molecular weight excluding hydrogens is 414 g/mol. The minimum atomic E-state index is -0.322. The average molecular weight is 436 g/mol. The molecule has 0 unspecified atom stereocenters. The van der Waals surface area contributed by atoms with Crippen LogP contribution in [0.2, 0.25) is 5.02 Å². The molecule has 3 rings (SSSR count). The number of piperazine rings is 1. The van der Waals surface area contributed by atoms with Gasteiger partial charge in [-0.05, 0) is 48.9 Å². The molecule has 1 N–H and O–H groups in total. The highest BCUT2D eigenvalue weighted by atomic mass is 35.5. The van der Waals surface area contributed by atoms with Crippen molar-refractivity contribution < 1.29 is 9.59 Å². The molecule has 0 radical (unpaired) electrons. The van der Waals surface area contributed by atoms with Crippen molar-refractivity contribution in [3.05, 3.63) is 71.0 Å². The summed E-state index contributed by atoms with van der Waals surface area (Å²) in [7, 11) is 0. The first-order valence-corrected chi connectivity index (χ1v) is 10.2. The molecule has 2 amide bonds. The van der Waals surface area contributed by atoms with Crippen LogP contribution in [0.4, 0.5) is 11.4 Å². The van der Waals surface area contributed by atoms with E-state index in [2.05, 4.69) is 16.4 Å². The van der Waals surface area contributed by atoms with Gasteiger partial charge in [0, 0.05) is 35.7 Å². The number of halogens is 1. The normalized spacial score (nSPS) is 14.6. The van der Waals surface area contributed by atoms with E-state index in [4.69, 9.17) is 16.9 Å². The highest BCUT2D eigenvalue weighted by Gasteiger charge is 2.29. The van der Waals surface area contributed by atoms with Crippen LogP contribution in [0.3, 0.4) is 0 Å². The Balaban J connectivity index is 1.75. The van der Waals surface area contributed by atoms with Crippen molar-refractivity contribution >= 4 is 41.0 Å². The van der Waals surface area contributed by atoms with Gasteiger partial charge in [0.25, 0.3) is 5.91 Å². The van der Waals surface area contributed by atoms with Gasteiger partial charge in [-0.3, -0.25) is 14.6 Å². The number of anilines is 2. The molecule has 0 spiro atoms. The number of aliphatic imine (C=N–C) groups is 1. The van der Waals surface area contributed by atoms with Crippen molar-refractivity contribution in [1.29, 1.82) is 5.26 Å². The maximum atomic E-state index is 13.1. The first-order chi connectivity index (χ1) is 15.0. The molecule has 1 heterocycles. The molecule has 7 nitrogen and oxygen atoms in total. The summed E-state index contributed by atoms with van der Waals surface area (Å²) >= 11 is 6.04. The van der Waals surface area contributed by atoms with Crippen LogP contribution in [0.15, 0.2) is 65.4 Å². The Hall–Kier alpha value is -3.63. The molecule has 0 bridgehead atoms. The molecule has 0 aliphatic carbocycles. The first-order valence-electron chi connectivity index (χ1n) is 9.86. The summed E-state index contributed by atoms with van der Waals surface area (Å²) in [5.41, 5.74) is 2.13. The Labute approximate surface area is 186 Å². The summed E-state index contributed by atoms with van der Waals surface area (Å²) in [5, 5.41) is 12.6. The zero-order chi connectivity index (χ0) is 22.2. The molecule has 1 aliphatic heterocycles. The molecule has 2 aromatic rings. The number of benzene rings is 2. The zero-order valence-electron chi connectivity index (χ0n) is 17.1. The summed E-state index contributed by atoms with van der Waals surface area (Å²) in [4.78, 5) is 33.1. The second kappa shape index (κ2) is 10.4. The highest BCUT2D eigenvalue weighted by molar-refractivity contribution is 6.30.